The molecule has 3 rings (SSSR count). The number of aromatic nitrogens is 1. The van der Waals surface area contributed by atoms with E-state index >= 15 is 0 Å². The molecule has 1 saturated carbocycles. The van der Waals surface area contributed by atoms with Gasteiger partial charge in [-0.2, -0.15) is 0 Å². The van der Waals surface area contributed by atoms with Crippen molar-refractivity contribution in [3.05, 3.63) is 66.4 Å². The van der Waals surface area contributed by atoms with Crippen LogP contribution < -0.4 is 0 Å². The Morgan fingerprint density at radius 1 is 0.906 bits per heavy atom. The highest BCUT2D eigenvalue weighted by Gasteiger charge is 2.27. The first-order valence-corrected chi connectivity index (χ1v) is 13.4. The second kappa shape index (κ2) is 13.6. The summed E-state index contributed by atoms with van der Waals surface area (Å²) >= 11 is 0. The molecule has 1 aliphatic carbocycles. The first-order chi connectivity index (χ1) is 15.7. The van der Waals surface area contributed by atoms with E-state index < -0.39 is 0 Å². The van der Waals surface area contributed by atoms with E-state index in [2.05, 4.69) is 69.1 Å². The molecule has 174 valence electrons. The Morgan fingerprint density at radius 2 is 1.62 bits per heavy atom. The van der Waals surface area contributed by atoms with Gasteiger partial charge in [-0.15, -0.1) is 6.58 Å². The fourth-order valence-corrected chi connectivity index (χ4v) is 5.57. The summed E-state index contributed by atoms with van der Waals surface area (Å²) in [7, 11) is 0. The molecule has 0 amide bonds. The van der Waals surface area contributed by atoms with Crippen LogP contribution in [0.3, 0.4) is 0 Å². The van der Waals surface area contributed by atoms with Crippen LogP contribution in [0.15, 0.2) is 55.3 Å². The van der Waals surface area contributed by atoms with E-state index in [4.69, 9.17) is 4.98 Å². The van der Waals surface area contributed by atoms with E-state index in [1.807, 2.05) is 0 Å². The normalized spacial score (nSPS) is 19.6. The molecule has 1 heterocycles. The fraction of sp³-hybridized carbons (Fsp3) is 0.581. The third-order valence-corrected chi connectivity index (χ3v) is 7.63. The Kier molecular flexibility index (Phi) is 10.5. The lowest BCUT2D eigenvalue weighted by molar-refractivity contribution is 0.230. The van der Waals surface area contributed by atoms with Gasteiger partial charge in [-0.05, 0) is 67.1 Å². The number of pyridine rings is 1. The molecule has 1 aromatic carbocycles. The van der Waals surface area contributed by atoms with Crippen molar-refractivity contribution < 1.29 is 0 Å². The Morgan fingerprint density at radius 3 is 2.25 bits per heavy atom. The van der Waals surface area contributed by atoms with Gasteiger partial charge in [-0.1, -0.05) is 102 Å². The Bertz CT molecular complexity index is 765. The summed E-state index contributed by atoms with van der Waals surface area (Å²) in [5, 5.41) is 0. The van der Waals surface area contributed by atoms with E-state index in [-0.39, 0.29) is 0 Å². The zero-order valence-electron chi connectivity index (χ0n) is 20.7. The van der Waals surface area contributed by atoms with Crippen molar-refractivity contribution in [1.82, 2.24) is 4.98 Å². The van der Waals surface area contributed by atoms with E-state index in [1.54, 1.807) is 0 Å². The molecule has 1 heteroatoms. The van der Waals surface area contributed by atoms with Gasteiger partial charge in [0.05, 0.1) is 5.69 Å². The lowest BCUT2D eigenvalue weighted by Crippen LogP contribution is -2.20. The third-order valence-electron chi connectivity index (χ3n) is 7.63. The van der Waals surface area contributed by atoms with Crippen molar-refractivity contribution in [2.24, 2.45) is 11.8 Å². The number of nitrogens with zero attached hydrogens (tertiary/aromatic N) is 1. The molecule has 0 N–H and O–H groups in total. The van der Waals surface area contributed by atoms with Crippen LogP contribution in [0, 0.1) is 11.8 Å². The average Bonchev–Trinajstić information content (AvgIpc) is 2.84. The van der Waals surface area contributed by atoms with Crippen molar-refractivity contribution in [1.29, 1.82) is 0 Å². The van der Waals surface area contributed by atoms with Crippen LogP contribution in [-0.2, 0) is 6.42 Å². The van der Waals surface area contributed by atoms with Crippen molar-refractivity contribution in [3.63, 3.8) is 0 Å². The molecular formula is C31H45N. The molecule has 0 spiro atoms. The maximum atomic E-state index is 4.75. The second-order valence-corrected chi connectivity index (χ2v) is 10.0. The van der Waals surface area contributed by atoms with Gasteiger partial charge in [0.25, 0.3) is 0 Å². The lowest BCUT2D eigenvalue weighted by atomic mass is 9.71. The highest BCUT2D eigenvalue weighted by atomic mass is 14.7. The van der Waals surface area contributed by atoms with E-state index in [1.165, 1.54) is 87.3 Å². The molecule has 0 saturated heterocycles. The minimum Gasteiger partial charge on any atom is -0.256 e. The van der Waals surface area contributed by atoms with Crippen molar-refractivity contribution in [3.8, 4) is 11.3 Å². The van der Waals surface area contributed by atoms with E-state index in [0.29, 0.717) is 5.92 Å². The zero-order chi connectivity index (χ0) is 22.6. The van der Waals surface area contributed by atoms with Crippen LogP contribution in [0.4, 0.5) is 0 Å². The first kappa shape index (κ1) is 24.7. The molecule has 0 radical (unpaired) electrons. The molecule has 1 fully saturated rings. The molecule has 1 aliphatic rings. The number of rotatable bonds is 13. The molecule has 0 aliphatic heterocycles. The highest BCUT2D eigenvalue weighted by molar-refractivity contribution is 5.59. The number of allylic oxidation sites excluding steroid dienone is 1. The topological polar surface area (TPSA) is 12.9 Å². The molecule has 1 atom stereocenters. The van der Waals surface area contributed by atoms with Gasteiger partial charge in [0, 0.05) is 11.8 Å². The van der Waals surface area contributed by atoms with Crippen molar-refractivity contribution >= 4 is 0 Å². The van der Waals surface area contributed by atoms with Crippen LogP contribution in [0.5, 0.6) is 0 Å². The first-order valence-electron chi connectivity index (χ1n) is 13.4. The molecule has 1 aromatic heterocycles. The summed E-state index contributed by atoms with van der Waals surface area (Å²) in [5.74, 6) is 2.40. The quantitative estimate of drug-likeness (QED) is 0.227. The maximum absolute atomic E-state index is 4.75. The molecule has 2 aromatic rings. The molecule has 32 heavy (non-hydrogen) atoms. The summed E-state index contributed by atoms with van der Waals surface area (Å²) in [4.78, 5) is 4.75. The van der Waals surface area contributed by atoms with Gasteiger partial charge >= 0.3 is 0 Å². The predicted octanol–water partition coefficient (Wildman–Crippen LogP) is 9.53. The lowest BCUT2D eigenvalue weighted by Gasteiger charge is -2.34. The van der Waals surface area contributed by atoms with Crippen LogP contribution in [-0.4, -0.2) is 4.98 Å². The number of hydrogen-bond acceptors (Lipinski definition) is 1. The van der Waals surface area contributed by atoms with Gasteiger partial charge in [-0.25, -0.2) is 0 Å². The Labute approximate surface area is 197 Å². The summed E-state index contributed by atoms with van der Waals surface area (Å²) in [5.41, 5.74) is 5.16. The van der Waals surface area contributed by atoms with Gasteiger partial charge in [0.2, 0.25) is 0 Å². The van der Waals surface area contributed by atoms with Gasteiger partial charge in [-0.3, -0.25) is 4.98 Å². The number of aryl methyl sites for hydroxylation is 1. The van der Waals surface area contributed by atoms with Crippen molar-refractivity contribution in [2.75, 3.05) is 0 Å². The maximum Gasteiger partial charge on any atom is 0.0702 e. The average molecular weight is 432 g/mol. The highest BCUT2D eigenvalue weighted by Crippen LogP contribution is 2.41. The summed E-state index contributed by atoms with van der Waals surface area (Å²) in [6, 6.07) is 13.7. The van der Waals surface area contributed by atoms with Gasteiger partial charge < -0.3 is 0 Å². The summed E-state index contributed by atoms with van der Waals surface area (Å²) in [6.45, 7) is 8.64. The molecule has 0 bridgehead atoms. The summed E-state index contributed by atoms with van der Waals surface area (Å²) in [6.07, 6.45) is 21.5. The largest absolute Gasteiger partial charge is 0.256 e. The van der Waals surface area contributed by atoms with Crippen LogP contribution in [0.1, 0.15) is 108 Å². The van der Waals surface area contributed by atoms with Gasteiger partial charge in [0.15, 0.2) is 0 Å². The number of hydrogen-bond donors (Lipinski definition) is 0. The Hall–Kier alpha value is -1.89. The third kappa shape index (κ3) is 7.32. The summed E-state index contributed by atoms with van der Waals surface area (Å²) < 4.78 is 0. The zero-order valence-corrected chi connectivity index (χ0v) is 20.7. The van der Waals surface area contributed by atoms with Gasteiger partial charge in [0.1, 0.15) is 0 Å². The SMILES string of the molecule is C=CCC(c1ccc(-c2ccc(CCCCC)cn2)cc1)C1CCC(CCCCC)CC1. The Balaban J connectivity index is 1.59. The smallest absolute Gasteiger partial charge is 0.0702 e. The van der Waals surface area contributed by atoms with Crippen LogP contribution in [0.2, 0.25) is 0 Å². The van der Waals surface area contributed by atoms with Crippen molar-refractivity contribution in [2.45, 2.75) is 103 Å². The van der Waals surface area contributed by atoms with E-state index in [9.17, 15) is 0 Å². The minimum absolute atomic E-state index is 0.618. The minimum atomic E-state index is 0.618. The molecular weight excluding hydrogens is 386 g/mol. The van der Waals surface area contributed by atoms with Crippen LogP contribution in [0.25, 0.3) is 11.3 Å². The predicted molar refractivity (Wildman–Crippen MR) is 140 cm³/mol. The van der Waals surface area contributed by atoms with Crippen LogP contribution >= 0.6 is 0 Å². The molecule has 1 unspecified atom stereocenters. The van der Waals surface area contributed by atoms with E-state index in [0.717, 1.165) is 30.4 Å². The monoisotopic (exact) mass is 431 g/mol. The standard InChI is InChI=1S/C31H45N/c1-4-7-9-12-25-14-17-27(18-15-25)30(11-6-3)28-19-21-29(22-20-28)31-23-16-26(24-32-31)13-10-8-5-2/h6,16,19-25,27,30H,3-5,7-15,17-18H2,1-2H3. The molecule has 1 nitrogen and oxygen atoms in total. The second-order valence-electron chi connectivity index (χ2n) is 10.0. The number of unbranched alkanes of at least 4 members (excludes halogenated alkanes) is 4. The number of benzene rings is 1. The fourth-order valence-electron chi connectivity index (χ4n) is 5.57.